The third-order valence-electron chi connectivity index (χ3n) is 7.12. The number of imide groups is 1. The largest absolute Gasteiger partial charge is 0.300 e. The Hall–Kier alpha value is -4.82. The molecule has 0 aliphatic carbocycles. The number of aryl methyl sites for hydroxylation is 1. The molecule has 2 aliphatic rings. The maximum atomic E-state index is 12.9. The maximum absolute atomic E-state index is 12.9. The highest BCUT2D eigenvalue weighted by Crippen LogP contribution is 2.41. The van der Waals surface area contributed by atoms with E-state index in [4.69, 9.17) is 11.6 Å². The summed E-state index contributed by atoms with van der Waals surface area (Å²) in [6, 6.07) is 21.8. The molecular weight excluding hydrogens is 666 g/mol. The first kappa shape index (κ1) is 29.9. The van der Waals surface area contributed by atoms with Crippen LogP contribution < -0.4 is 10.2 Å². The van der Waals surface area contributed by atoms with Gasteiger partial charge in [-0.1, -0.05) is 47.6 Å². The van der Waals surface area contributed by atoms with Gasteiger partial charge in [0, 0.05) is 11.1 Å². The number of nitrogens with one attached hydrogen (secondary N) is 1. The van der Waals surface area contributed by atoms with Crippen LogP contribution in [0.1, 0.15) is 31.8 Å². The molecule has 1 aromatic heterocycles. The summed E-state index contributed by atoms with van der Waals surface area (Å²) in [6.07, 6.45) is 1.57. The summed E-state index contributed by atoms with van der Waals surface area (Å²) < 4.78 is 1.27. The molecule has 46 heavy (non-hydrogen) atoms. The van der Waals surface area contributed by atoms with Crippen LogP contribution in [0.2, 0.25) is 5.02 Å². The zero-order valence-electron chi connectivity index (χ0n) is 23.5. The molecule has 0 spiro atoms. The number of anilines is 1. The number of nitro benzene ring substituents is 1. The minimum absolute atomic E-state index is 0.142. The predicted octanol–water partition coefficient (Wildman–Crippen LogP) is 8.01. The SMILES string of the molecule is Cc1ccc(N=C2NC(=O)/C(=C/c3ccc(Sc4nc5ccc(N6C(=O)c7ccccc7C6=O)cc5s4)c([N+](=O)[O-])c3)S2)cc1Cl. The first-order valence-electron chi connectivity index (χ1n) is 13.5. The maximum Gasteiger partial charge on any atom is 0.283 e. The van der Waals surface area contributed by atoms with Crippen molar-refractivity contribution in [1.82, 2.24) is 10.3 Å². The molecule has 1 fully saturated rings. The van der Waals surface area contributed by atoms with Crippen LogP contribution >= 0.6 is 46.5 Å². The Bertz CT molecular complexity index is 2200. The van der Waals surface area contributed by atoms with Crippen molar-refractivity contribution in [1.29, 1.82) is 0 Å². The molecular formula is C32H18ClN5O5S3. The van der Waals surface area contributed by atoms with Gasteiger partial charge in [0.2, 0.25) is 0 Å². The first-order chi connectivity index (χ1) is 22.1. The summed E-state index contributed by atoms with van der Waals surface area (Å²) in [6.45, 7) is 1.88. The Balaban J connectivity index is 1.12. The highest BCUT2D eigenvalue weighted by molar-refractivity contribution is 8.18. The van der Waals surface area contributed by atoms with Crippen molar-refractivity contribution in [2.24, 2.45) is 4.99 Å². The van der Waals surface area contributed by atoms with E-state index in [-0.39, 0.29) is 11.6 Å². The van der Waals surface area contributed by atoms with E-state index >= 15 is 0 Å². The molecule has 4 aromatic carbocycles. The number of thioether (sulfide) groups is 1. The minimum Gasteiger partial charge on any atom is -0.300 e. The Morgan fingerprint density at radius 1 is 1.00 bits per heavy atom. The number of hydrogen-bond donors (Lipinski definition) is 1. The molecule has 1 N–H and O–H groups in total. The number of benzene rings is 4. The number of carbonyl (C=O) groups excluding carboxylic acids is 3. The van der Waals surface area contributed by atoms with Crippen LogP contribution in [0.5, 0.6) is 0 Å². The second-order valence-electron chi connectivity index (χ2n) is 10.1. The van der Waals surface area contributed by atoms with Gasteiger partial charge in [-0.25, -0.2) is 14.9 Å². The Labute approximate surface area is 278 Å². The van der Waals surface area contributed by atoms with Gasteiger partial charge in [0.1, 0.15) is 0 Å². The summed E-state index contributed by atoms with van der Waals surface area (Å²) in [7, 11) is 0. The number of nitrogens with zero attached hydrogens (tertiary/aromatic N) is 4. The highest BCUT2D eigenvalue weighted by Gasteiger charge is 2.36. The zero-order valence-corrected chi connectivity index (χ0v) is 26.7. The molecule has 14 heteroatoms. The van der Waals surface area contributed by atoms with Gasteiger partial charge in [-0.15, -0.1) is 11.3 Å². The number of hydrogen-bond acceptors (Lipinski definition) is 10. The van der Waals surface area contributed by atoms with Crippen molar-refractivity contribution in [2.45, 2.75) is 16.2 Å². The van der Waals surface area contributed by atoms with Crippen molar-refractivity contribution in [3.63, 3.8) is 0 Å². The summed E-state index contributed by atoms with van der Waals surface area (Å²) in [5.41, 5.74) is 3.60. The molecule has 0 radical (unpaired) electrons. The fourth-order valence-electron chi connectivity index (χ4n) is 4.85. The van der Waals surface area contributed by atoms with Crippen LogP contribution in [-0.4, -0.2) is 32.8 Å². The van der Waals surface area contributed by atoms with E-state index in [0.29, 0.717) is 57.9 Å². The lowest BCUT2D eigenvalue weighted by Crippen LogP contribution is -2.29. The molecule has 226 valence electrons. The molecule has 0 atom stereocenters. The van der Waals surface area contributed by atoms with Gasteiger partial charge in [0.05, 0.1) is 47.4 Å². The second-order valence-corrected chi connectivity index (χ2v) is 13.9. The van der Waals surface area contributed by atoms with Crippen LogP contribution in [0.15, 0.2) is 98.0 Å². The number of aromatic nitrogens is 1. The smallest absolute Gasteiger partial charge is 0.283 e. The number of halogens is 1. The molecule has 5 aromatic rings. The van der Waals surface area contributed by atoms with E-state index in [0.717, 1.165) is 38.7 Å². The van der Waals surface area contributed by atoms with Gasteiger partial charge in [0.25, 0.3) is 23.4 Å². The van der Waals surface area contributed by atoms with Gasteiger partial charge >= 0.3 is 0 Å². The van der Waals surface area contributed by atoms with E-state index in [1.54, 1.807) is 72.8 Å². The second kappa shape index (κ2) is 11.8. The normalized spacial score (nSPS) is 16.1. The molecule has 0 bridgehead atoms. The molecule has 3 heterocycles. The van der Waals surface area contributed by atoms with Gasteiger partial charge in [-0.2, -0.15) is 0 Å². The summed E-state index contributed by atoms with van der Waals surface area (Å²) >= 11 is 9.74. The van der Waals surface area contributed by atoms with Crippen molar-refractivity contribution in [2.75, 3.05) is 4.90 Å². The lowest BCUT2D eigenvalue weighted by atomic mass is 10.1. The fraction of sp³-hybridized carbons (Fsp3) is 0.0312. The number of fused-ring (bicyclic) bond motifs is 2. The van der Waals surface area contributed by atoms with Crippen LogP contribution in [0.4, 0.5) is 17.1 Å². The Kier molecular flexibility index (Phi) is 7.69. The molecule has 0 unspecified atom stereocenters. The number of thiazole rings is 1. The van der Waals surface area contributed by atoms with E-state index in [2.05, 4.69) is 15.3 Å². The quantitative estimate of drug-likeness (QED) is 0.0823. The van der Waals surface area contributed by atoms with Gasteiger partial charge in [0.15, 0.2) is 9.51 Å². The predicted molar refractivity (Wildman–Crippen MR) is 181 cm³/mol. The summed E-state index contributed by atoms with van der Waals surface area (Å²) in [4.78, 5) is 61.0. The Morgan fingerprint density at radius 3 is 2.48 bits per heavy atom. The molecule has 0 saturated carbocycles. The summed E-state index contributed by atoms with van der Waals surface area (Å²) in [5.74, 6) is -1.14. The van der Waals surface area contributed by atoms with E-state index in [1.165, 1.54) is 17.4 Å². The first-order valence-corrected chi connectivity index (χ1v) is 16.4. The Morgan fingerprint density at radius 2 is 1.76 bits per heavy atom. The number of carbonyl (C=O) groups is 3. The van der Waals surface area contributed by atoms with Crippen LogP contribution in [0.3, 0.4) is 0 Å². The lowest BCUT2D eigenvalue weighted by Gasteiger charge is -2.13. The monoisotopic (exact) mass is 683 g/mol. The molecule has 3 amide bonds. The number of nitro groups is 1. The van der Waals surface area contributed by atoms with E-state index in [9.17, 15) is 24.5 Å². The van der Waals surface area contributed by atoms with Crippen LogP contribution in [0, 0.1) is 17.0 Å². The number of amides is 3. The minimum atomic E-state index is -0.478. The van der Waals surface area contributed by atoms with E-state index < -0.39 is 16.7 Å². The lowest BCUT2D eigenvalue weighted by molar-refractivity contribution is -0.387. The van der Waals surface area contributed by atoms with Crippen molar-refractivity contribution in [3.05, 3.63) is 121 Å². The van der Waals surface area contributed by atoms with Crippen molar-refractivity contribution in [3.8, 4) is 0 Å². The highest BCUT2D eigenvalue weighted by atomic mass is 35.5. The molecule has 1 saturated heterocycles. The van der Waals surface area contributed by atoms with E-state index in [1.807, 2.05) is 13.0 Å². The molecule has 2 aliphatic heterocycles. The van der Waals surface area contributed by atoms with Crippen molar-refractivity contribution < 1.29 is 19.3 Å². The van der Waals surface area contributed by atoms with Gasteiger partial charge in [-0.05, 0) is 84.4 Å². The average molecular weight is 684 g/mol. The zero-order chi connectivity index (χ0) is 32.1. The third-order valence-corrected chi connectivity index (χ3v) is 10.6. The third kappa shape index (κ3) is 5.58. The average Bonchev–Trinajstić information content (AvgIpc) is 3.67. The van der Waals surface area contributed by atoms with Crippen LogP contribution in [-0.2, 0) is 4.79 Å². The fourth-order valence-corrected chi connectivity index (χ4v) is 8.00. The number of rotatable bonds is 6. The summed E-state index contributed by atoms with van der Waals surface area (Å²) in [5, 5.41) is 15.7. The van der Waals surface area contributed by atoms with Crippen LogP contribution in [0.25, 0.3) is 16.3 Å². The topological polar surface area (TPSA) is 135 Å². The standard InChI is InChI=1S/C32H18ClN5O5S3/c1-16-6-8-18(14-22(16)33)34-31-36-28(39)27(44-31)13-17-7-11-25(24(12-17)38(42)43)45-32-35-23-10-9-19(15-26(23)46-32)37-29(40)20-4-2-3-5-21(20)30(37)41/h2-15H,1H3,(H,34,36,39)/b27-13-. The molecule has 10 nitrogen and oxygen atoms in total. The number of aliphatic imine (C=N–C) groups is 1. The van der Waals surface area contributed by atoms with Gasteiger partial charge < -0.3 is 5.32 Å². The number of amidine groups is 1. The van der Waals surface area contributed by atoms with Gasteiger partial charge in [-0.3, -0.25) is 24.5 Å². The van der Waals surface area contributed by atoms with Crippen molar-refractivity contribution >= 4 is 103 Å². The molecule has 7 rings (SSSR count).